The highest BCUT2D eigenvalue weighted by atomic mass is 32.2. The van der Waals surface area contributed by atoms with Gasteiger partial charge < -0.3 is 4.74 Å². The van der Waals surface area contributed by atoms with Crippen LogP contribution in [0, 0.1) is 0 Å². The average molecular weight is 259 g/mol. The molecule has 3 unspecified atom stereocenters. The largest absolute Gasteiger partial charge is 0.364 e. The smallest absolute Gasteiger partial charge is 0.263 e. The Morgan fingerprint density at radius 1 is 1.59 bits per heavy atom. The molecule has 2 rings (SSSR count). The fraction of sp³-hybridized carbons (Fsp3) is 0.909. The van der Waals surface area contributed by atoms with Crippen LogP contribution in [-0.2, 0) is 9.53 Å². The number of hydrogen-bond acceptors (Lipinski definition) is 5. The summed E-state index contributed by atoms with van der Waals surface area (Å²) >= 11 is 2.03. The molecule has 0 saturated carbocycles. The molecule has 2 aliphatic heterocycles. The fourth-order valence-electron chi connectivity index (χ4n) is 2.47. The second-order valence-corrected chi connectivity index (χ2v) is 6.32. The third-order valence-corrected chi connectivity index (χ3v) is 4.47. The zero-order valence-corrected chi connectivity index (χ0v) is 11.0. The molecule has 2 aliphatic rings. The summed E-state index contributed by atoms with van der Waals surface area (Å²) in [6.45, 7) is 5.46. The molecule has 1 amide bonds. The van der Waals surface area contributed by atoms with E-state index in [1.165, 1.54) is 5.75 Å². The van der Waals surface area contributed by atoms with E-state index < -0.39 is 0 Å². The summed E-state index contributed by atoms with van der Waals surface area (Å²) in [5, 5.41) is 0.702. The van der Waals surface area contributed by atoms with E-state index in [9.17, 15) is 4.79 Å². The lowest BCUT2D eigenvalue weighted by atomic mass is 10.2. The summed E-state index contributed by atoms with van der Waals surface area (Å²) < 4.78 is 5.71. The quantitative estimate of drug-likeness (QED) is 0.423. The molecule has 2 fully saturated rings. The van der Waals surface area contributed by atoms with Crippen LogP contribution in [0.3, 0.4) is 0 Å². The summed E-state index contributed by atoms with van der Waals surface area (Å²) in [6.07, 6.45) is 1.58. The van der Waals surface area contributed by atoms with Gasteiger partial charge in [0.1, 0.15) is 6.10 Å². The SMILES string of the molecule is CC1CN(CC2CCC(C(=O)NN)O2)CCS1. The minimum absolute atomic E-state index is 0.188. The van der Waals surface area contributed by atoms with Gasteiger partial charge in [0.15, 0.2) is 0 Å². The molecule has 0 aromatic carbocycles. The number of rotatable bonds is 3. The van der Waals surface area contributed by atoms with E-state index in [2.05, 4.69) is 17.2 Å². The topological polar surface area (TPSA) is 67.6 Å². The molecule has 6 heteroatoms. The summed E-state index contributed by atoms with van der Waals surface area (Å²) in [6, 6.07) is 0. The van der Waals surface area contributed by atoms with Crippen LogP contribution in [0.4, 0.5) is 0 Å². The van der Waals surface area contributed by atoms with Crippen LogP contribution in [-0.4, -0.2) is 53.7 Å². The van der Waals surface area contributed by atoms with Crippen LogP contribution in [0.5, 0.6) is 0 Å². The Morgan fingerprint density at radius 2 is 2.41 bits per heavy atom. The molecule has 0 radical (unpaired) electrons. The number of carbonyl (C=O) groups is 1. The van der Waals surface area contributed by atoms with Gasteiger partial charge in [0.2, 0.25) is 0 Å². The number of amides is 1. The number of hydrazine groups is 1. The Balaban J connectivity index is 1.75. The van der Waals surface area contributed by atoms with E-state index >= 15 is 0 Å². The molecule has 0 bridgehead atoms. The summed E-state index contributed by atoms with van der Waals surface area (Å²) in [5.41, 5.74) is 2.16. The first-order valence-corrected chi connectivity index (χ1v) is 7.24. The van der Waals surface area contributed by atoms with E-state index in [0.717, 1.165) is 32.5 Å². The molecule has 5 nitrogen and oxygen atoms in total. The van der Waals surface area contributed by atoms with Crippen molar-refractivity contribution in [3.05, 3.63) is 0 Å². The number of carbonyl (C=O) groups excluding carboxylic acids is 1. The van der Waals surface area contributed by atoms with Gasteiger partial charge in [0.25, 0.3) is 5.91 Å². The van der Waals surface area contributed by atoms with Crippen LogP contribution in [0.1, 0.15) is 19.8 Å². The molecule has 17 heavy (non-hydrogen) atoms. The third-order valence-electron chi connectivity index (χ3n) is 3.33. The zero-order valence-electron chi connectivity index (χ0n) is 10.2. The number of thioether (sulfide) groups is 1. The van der Waals surface area contributed by atoms with Crippen molar-refractivity contribution in [2.24, 2.45) is 5.84 Å². The van der Waals surface area contributed by atoms with E-state index in [4.69, 9.17) is 10.6 Å². The highest BCUT2D eigenvalue weighted by Crippen LogP contribution is 2.23. The van der Waals surface area contributed by atoms with Crippen LogP contribution in [0.2, 0.25) is 0 Å². The molecule has 0 aromatic heterocycles. The highest BCUT2D eigenvalue weighted by molar-refractivity contribution is 7.99. The molecule has 0 aromatic rings. The van der Waals surface area contributed by atoms with Crippen LogP contribution >= 0.6 is 11.8 Å². The van der Waals surface area contributed by atoms with Crippen molar-refractivity contribution < 1.29 is 9.53 Å². The van der Waals surface area contributed by atoms with Crippen molar-refractivity contribution in [3.63, 3.8) is 0 Å². The molecule has 98 valence electrons. The lowest BCUT2D eigenvalue weighted by Gasteiger charge is -2.32. The maximum absolute atomic E-state index is 11.3. The van der Waals surface area contributed by atoms with E-state index in [1.54, 1.807) is 0 Å². The number of hydrogen-bond donors (Lipinski definition) is 2. The van der Waals surface area contributed by atoms with Crippen molar-refractivity contribution in [1.82, 2.24) is 10.3 Å². The van der Waals surface area contributed by atoms with Gasteiger partial charge in [-0.05, 0) is 12.8 Å². The molecular weight excluding hydrogens is 238 g/mol. The van der Waals surface area contributed by atoms with Gasteiger partial charge >= 0.3 is 0 Å². The number of nitrogens with zero attached hydrogens (tertiary/aromatic N) is 1. The predicted octanol–water partition coefficient (Wildman–Crippen LogP) is -0.0388. The normalized spacial score (nSPS) is 34.8. The second kappa shape index (κ2) is 6.04. The molecule has 0 aliphatic carbocycles. The average Bonchev–Trinajstić information content (AvgIpc) is 2.76. The van der Waals surface area contributed by atoms with Crippen molar-refractivity contribution in [2.45, 2.75) is 37.2 Å². The summed E-state index contributed by atoms with van der Waals surface area (Å²) in [7, 11) is 0. The Kier molecular flexibility index (Phi) is 4.67. The van der Waals surface area contributed by atoms with Gasteiger partial charge in [-0.25, -0.2) is 5.84 Å². The monoisotopic (exact) mass is 259 g/mol. The maximum atomic E-state index is 11.3. The van der Waals surface area contributed by atoms with Gasteiger partial charge in [-0.2, -0.15) is 11.8 Å². The highest BCUT2D eigenvalue weighted by Gasteiger charge is 2.32. The lowest BCUT2D eigenvalue weighted by Crippen LogP contribution is -2.42. The van der Waals surface area contributed by atoms with E-state index in [0.29, 0.717) is 5.25 Å². The maximum Gasteiger partial charge on any atom is 0.263 e. The Bertz CT molecular complexity index is 277. The number of ether oxygens (including phenoxy) is 1. The first-order chi connectivity index (χ1) is 8.19. The lowest BCUT2D eigenvalue weighted by molar-refractivity contribution is -0.132. The minimum Gasteiger partial charge on any atom is -0.364 e. The molecule has 3 N–H and O–H groups in total. The first-order valence-electron chi connectivity index (χ1n) is 6.19. The van der Waals surface area contributed by atoms with E-state index in [1.807, 2.05) is 11.8 Å². The zero-order chi connectivity index (χ0) is 12.3. The van der Waals surface area contributed by atoms with Crippen molar-refractivity contribution in [1.29, 1.82) is 0 Å². The van der Waals surface area contributed by atoms with Crippen molar-refractivity contribution >= 4 is 17.7 Å². The first kappa shape index (κ1) is 13.1. The predicted molar refractivity (Wildman–Crippen MR) is 68.6 cm³/mol. The number of nitrogens with one attached hydrogen (secondary N) is 1. The van der Waals surface area contributed by atoms with Crippen molar-refractivity contribution in [3.8, 4) is 0 Å². The molecule has 0 spiro atoms. The van der Waals surface area contributed by atoms with Gasteiger partial charge in [0, 0.05) is 30.6 Å². The van der Waals surface area contributed by atoms with Crippen LogP contribution in [0.25, 0.3) is 0 Å². The Morgan fingerprint density at radius 3 is 3.12 bits per heavy atom. The Hall–Kier alpha value is -0.300. The van der Waals surface area contributed by atoms with Gasteiger partial charge in [-0.15, -0.1) is 0 Å². The molecular formula is C11H21N3O2S. The van der Waals surface area contributed by atoms with Gasteiger partial charge in [-0.1, -0.05) is 6.92 Å². The van der Waals surface area contributed by atoms with Gasteiger partial charge in [-0.3, -0.25) is 15.1 Å². The third kappa shape index (κ3) is 3.58. The minimum atomic E-state index is -0.346. The number of nitrogens with two attached hydrogens (primary N) is 1. The molecule has 3 atom stereocenters. The fourth-order valence-corrected chi connectivity index (χ4v) is 3.55. The second-order valence-electron chi connectivity index (χ2n) is 4.77. The van der Waals surface area contributed by atoms with Gasteiger partial charge in [0.05, 0.1) is 6.10 Å². The van der Waals surface area contributed by atoms with Crippen molar-refractivity contribution in [2.75, 3.05) is 25.4 Å². The summed E-state index contributed by atoms with van der Waals surface area (Å²) in [4.78, 5) is 13.8. The van der Waals surface area contributed by atoms with Crippen LogP contribution < -0.4 is 11.3 Å². The van der Waals surface area contributed by atoms with Crippen LogP contribution in [0.15, 0.2) is 0 Å². The Labute approximate surface area is 106 Å². The standard InChI is InChI=1S/C11H21N3O2S/c1-8-6-14(4-5-17-8)7-9-2-3-10(16-9)11(15)13-12/h8-10H,2-7,12H2,1H3,(H,13,15). The van der Waals surface area contributed by atoms with E-state index in [-0.39, 0.29) is 18.1 Å². The summed E-state index contributed by atoms with van der Waals surface area (Å²) in [5.74, 6) is 6.10. The molecule has 2 saturated heterocycles. The molecule has 2 heterocycles.